The van der Waals surface area contributed by atoms with Crippen LogP contribution in [-0.4, -0.2) is 39.6 Å². The highest BCUT2D eigenvalue weighted by atomic mass is 31.2. The molecule has 8 heteroatoms. The van der Waals surface area contributed by atoms with Gasteiger partial charge in [-0.1, -0.05) is 284 Å². The van der Waals surface area contributed by atoms with Gasteiger partial charge in [0.1, 0.15) is 0 Å². The zero-order valence-corrected chi connectivity index (χ0v) is 40.6. The summed E-state index contributed by atoms with van der Waals surface area (Å²) in [5.41, 5.74) is 0. The minimum Gasteiger partial charge on any atom is -0.391 e. The SMILES string of the molecule is CCCCCCCCCCCCCCCCCCCCCCCCCCCCCCCCCC(=O)N[C@@H](COP(=O)(O)O)[C@H](O)CCCCCCCCCCCCCC. The molecule has 1 amide bonds. The number of aliphatic hydroxyl groups is 1. The number of carbonyl (C=O) groups excluding carboxylic acids is 1. The van der Waals surface area contributed by atoms with Gasteiger partial charge < -0.3 is 20.2 Å². The third-order valence-corrected chi connectivity index (χ3v) is 13.1. The number of rotatable bonds is 50. The Hall–Kier alpha value is -0.460. The molecule has 0 spiro atoms. The average Bonchev–Trinajstić information content (AvgIpc) is 3.21. The highest BCUT2D eigenvalue weighted by Gasteiger charge is 2.25. The van der Waals surface area contributed by atoms with Crippen LogP contribution in [0.2, 0.25) is 0 Å². The van der Waals surface area contributed by atoms with E-state index in [1.807, 2.05) is 0 Å². The smallest absolute Gasteiger partial charge is 0.391 e. The highest BCUT2D eigenvalue weighted by Crippen LogP contribution is 2.36. The van der Waals surface area contributed by atoms with Gasteiger partial charge >= 0.3 is 7.82 Å². The quantitative estimate of drug-likeness (QED) is 0.0358. The third kappa shape index (κ3) is 48.4. The predicted molar refractivity (Wildman–Crippen MR) is 255 cm³/mol. The zero-order valence-electron chi connectivity index (χ0n) is 39.7. The van der Waals surface area contributed by atoms with E-state index >= 15 is 0 Å². The Kier molecular flexibility index (Phi) is 46.7. The molecular weight excluding hydrogens is 754 g/mol. The van der Waals surface area contributed by atoms with Gasteiger partial charge in [-0.2, -0.15) is 0 Å². The fraction of sp³-hybridized carbons (Fsp3) is 0.980. The lowest BCUT2D eigenvalue weighted by Gasteiger charge is -2.24. The fourth-order valence-electron chi connectivity index (χ4n) is 8.59. The summed E-state index contributed by atoms with van der Waals surface area (Å²) in [4.78, 5) is 31.0. The Morgan fingerprint density at radius 1 is 0.424 bits per heavy atom. The van der Waals surface area contributed by atoms with Crippen LogP contribution >= 0.6 is 7.82 Å². The van der Waals surface area contributed by atoms with E-state index in [-0.39, 0.29) is 5.91 Å². The van der Waals surface area contributed by atoms with Crippen molar-refractivity contribution in [2.45, 2.75) is 315 Å². The topological polar surface area (TPSA) is 116 Å². The van der Waals surface area contributed by atoms with Crippen molar-refractivity contribution in [3.8, 4) is 0 Å². The minimum atomic E-state index is -4.69. The Morgan fingerprint density at radius 2 is 0.661 bits per heavy atom. The Bertz CT molecular complexity index is 884. The van der Waals surface area contributed by atoms with Crippen LogP contribution in [0.5, 0.6) is 0 Å². The number of carbonyl (C=O) groups is 1. The first-order valence-electron chi connectivity index (χ1n) is 26.5. The maximum atomic E-state index is 12.6. The number of aliphatic hydroxyl groups excluding tert-OH is 1. The van der Waals surface area contributed by atoms with Gasteiger partial charge in [0.25, 0.3) is 0 Å². The average molecular weight is 858 g/mol. The number of hydrogen-bond donors (Lipinski definition) is 4. The molecule has 59 heavy (non-hydrogen) atoms. The highest BCUT2D eigenvalue weighted by molar-refractivity contribution is 7.46. The van der Waals surface area contributed by atoms with E-state index in [0.29, 0.717) is 12.8 Å². The standard InChI is InChI=1S/C51H104NO6P/c1-3-5-7-9-11-13-15-17-18-19-20-21-22-23-24-25-26-27-28-29-30-31-32-33-34-35-37-39-41-43-45-47-51(54)52-49(48-58-59(55,56)57)50(53)46-44-42-40-38-36-16-14-12-10-8-6-4-2/h49-50,53H,3-48H2,1-2H3,(H,52,54)(H2,55,56,57)/t49-,50+/m0/s1. The molecule has 0 unspecified atom stereocenters. The number of unbranched alkanes of at least 4 members (excludes halogenated alkanes) is 41. The second-order valence-electron chi connectivity index (χ2n) is 18.6. The van der Waals surface area contributed by atoms with Crippen molar-refractivity contribution in [2.75, 3.05) is 6.61 Å². The Balaban J connectivity index is 3.61. The molecule has 0 saturated heterocycles. The third-order valence-electron chi connectivity index (χ3n) is 12.6. The lowest BCUT2D eigenvalue weighted by molar-refractivity contribution is -0.123. The molecule has 0 aliphatic heterocycles. The number of phosphoric ester groups is 1. The summed E-state index contributed by atoms with van der Waals surface area (Å²) in [6, 6.07) is -0.818. The van der Waals surface area contributed by atoms with Crippen LogP contribution in [0.1, 0.15) is 303 Å². The van der Waals surface area contributed by atoms with Crippen molar-refractivity contribution in [2.24, 2.45) is 0 Å². The van der Waals surface area contributed by atoms with Gasteiger partial charge in [0.15, 0.2) is 0 Å². The minimum absolute atomic E-state index is 0.187. The van der Waals surface area contributed by atoms with Crippen LogP contribution in [0.3, 0.4) is 0 Å². The second-order valence-corrected chi connectivity index (χ2v) is 19.8. The molecule has 7 nitrogen and oxygen atoms in total. The van der Waals surface area contributed by atoms with Crippen LogP contribution in [0.25, 0.3) is 0 Å². The molecule has 0 rings (SSSR count). The Morgan fingerprint density at radius 3 is 0.915 bits per heavy atom. The van der Waals surface area contributed by atoms with E-state index in [4.69, 9.17) is 0 Å². The van der Waals surface area contributed by atoms with Crippen LogP contribution in [-0.2, 0) is 13.9 Å². The number of phosphoric acid groups is 1. The van der Waals surface area contributed by atoms with Crippen molar-refractivity contribution in [1.29, 1.82) is 0 Å². The maximum absolute atomic E-state index is 12.6. The van der Waals surface area contributed by atoms with Crippen LogP contribution in [0.15, 0.2) is 0 Å². The lowest BCUT2D eigenvalue weighted by Crippen LogP contribution is -2.46. The molecule has 0 aliphatic carbocycles. The largest absolute Gasteiger partial charge is 0.469 e. The van der Waals surface area contributed by atoms with Gasteiger partial charge in [-0.05, 0) is 12.8 Å². The molecule has 0 saturated carbocycles. The van der Waals surface area contributed by atoms with Gasteiger partial charge in [-0.15, -0.1) is 0 Å². The van der Waals surface area contributed by atoms with Gasteiger partial charge in [0.05, 0.1) is 18.8 Å². The fourth-order valence-corrected chi connectivity index (χ4v) is 8.94. The van der Waals surface area contributed by atoms with E-state index in [1.165, 1.54) is 238 Å². The number of nitrogens with one attached hydrogen (secondary N) is 1. The molecular formula is C51H104NO6P. The molecule has 354 valence electrons. The van der Waals surface area contributed by atoms with E-state index < -0.39 is 26.6 Å². The van der Waals surface area contributed by atoms with E-state index in [9.17, 15) is 24.3 Å². The molecule has 2 atom stereocenters. The van der Waals surface area contributed by atoms with Gasteiger partial charge in [0, 0.05) is 6.42 Å². The maximum Gasteiger partial charge on any atom is 0.469 e. The zero-order chi connectivity index (χ0) is 43.2. The Labute approximate surface area is 368 Å². The van der Waals surface area contributed by atoms with Crippen molar-refractivity contribution in [3.63, 3.8) is 0 Å². The van der Waals surface area contributed by atoms with Gasteiger partial charge in [0.2, 0.25) is 5.91 Å². The van der Waals surface area contributed by atoms with E-state index in [0.717, 1.165) is 38.5 Å². The van der Waals surface area contributed by atoms with Crippen molar-refractivity contribution < 1.29 is 28.8 Å². The molecule has 0 aromatic carbocycles. The molecule has 0 heterocycles. The van der Waals surface area contributed by atoms with Crippen LogP contribution in [0, 0.1) is 0 Å². The molecule has 0 aromatic heterocycles. The summed E-state index contributed by atoms with van der Waals surface area (Å²) in [7, 11) is -4.69. The summed E-state index contributed by atoms with van der Waals surface area (Å²) in [5, 5.41) is 13.6. The first kappa shape index (κ1) is 58.5. The molecule has 0 bridgehead atoms. The van der Waals surface area contributed by atoms with Gasteiger partial charge in [-0.3, -0.25) is 9.32 Å². The molecule has 0 fully saturated rings. The van der Waals surface area contributed by atoms with Crippen LogP contribution in [0.4, 0.5) is 0 Å². The first-order chi connectivity index (χ1) is 28.8. The van der Waals surface area contributed by atoms with Gasteiger partial charge in [-0.25, -0.2) is 4.57 Å². The lowest BCUT2D eigenvalue weighted by atomic mass is 10.0. The summed E-state index contributed by atoms with van der Waals surface area (Å²) in [6.45, 7) is 4.15. The first-order valence-corrected chi connectivity index (χ1v) is 28.0. The summed E-state index contributed by atoms with van der Waals surface area (Å²) in [5.74, 6) is -0.187. The molecule has 4 N–H and O–H groups in total. The van der Waals surface area contributed by atoms with Crippen molar-refractivity contribution >= 4 is 13.7 Å². The second kappa shape index (κ2) is 47.0. The summed E-state index contributed by atoms with van der Waals surface area (Å²) in [6.07, 6.45) is 57.1. The van der Waals surface area contributed by atoms with E-state index in [1.54, 1.807) is 0 Å². The summed E-state index contributed by atoms with van der Waals surface area (Å²) >= 11 is 0. The number of amides is 1. The van der Waals surface area contributed by atoms with Crippen molar-refractivity contribution in [3.05, 3.63) is 0 Å². The van der Waals surface area contributed by atoms with E-state index in [2.05, 4.69) is 23.7 Å². The predicted octanol–water partition coefficient (Wildman–Crippen LogP) is 16.5. The summed E-state index contributed by atoms with van der Waals surface area (Å²) < 4.78 is 16.0. The molecule has 0 aromatic rings. The normalized spacial score (nSPS) is 13.0. The van der Waals surface area contributed by atoms with Crippen LogP contribution < -0.4 is 5.32 Å². The number of hydrogen-bond acceptors (Lipinski definition) is 4. The molecule has 0 radical (unpaired) electrons. The van der Waals surface area contributed by atoms with Crippen molar-refractivity contribution in [1.82, 2.24) is 5.32 Å². The molecule has 0 aliphatic rings. The monoisotopic (exact) mass is 858 g/mol.